The number of nitrogens with two attached hydrogens (primary N) is 1. The van der Waals surface area contributed by atoms with Gasteiger partial charge < -0.3 is 15.2 Å². The molecule has 2 aromatic rings. The minimum atomic E-state index is 0.315. The number of aryl methyl sites for hydroxylation is 1. The van der Waals surface area contributed by atoms with Gasteiger partial charge in [0.05, 0.1) is 18.9 Å². The van der Waals surface area contributed by atoms with Crippen LogP contribution >= 0.6 is 0 Å². The summed E-state index contributed by atoms with van der Waals surface area (Å²) in [6, 6.07) is 7.75. The van der Waals surface area contributed by atoms with Crippen LogP contribution in [0, 0.1) is 0 Å². The van der Waals surface area contributed by atoms with Gasteiger partial charge in [0.25, 0.3) is 0 Å². The Morgan fingerprint density at radius 2 is 1.95 bits per heavy atom. The fourth-order valence-corrected chi connectivity index (χ4v) is 2.73. The number of aromatic nitrogens is 2. The van der Waals surface area contributed by atoms with Crippen molar-refractivity contribution in [1.82, 2.24) is 9.78 Å². The molecule has 0 saturated heterocycles. The maximum Gasteiger partial charge on any atom is 0.161 e. The quantitative estimate of drug-likeness (QED) is 0.939. The van der Waals surface area contributed by atoms with Crippen LogP contribution < -0.4 is 15.2 Å². The predicted molar refractivity (Wildman–Crippen MR) is 82.5 cm³/mol. The van der Waals surface area contributed by atoms with Crippen molar-refractivity contribution < 1.29 is 9.47 Å². The Hall–Kier alpha value is -2.17. The smallest absolute Gasteiger partial charge is 0.161 e. The first kappa shape index (κ1) is 13.8. The highest BCUT2D eigenvalue weighted by atomic mass is 16.5. The van der Waals surface area contributed by atoms with Gasteiger partial charge in [0, 0.05) is 18.7 Å². The zero-order valence-electron chi connectivity index (χ0n) is 12.5. The molecule has 0 spiro atoms. The molecule has 0 unspecified atom stereocenters. The van der Waals surface area contributed by atoms with Crippen LogP contribution in [-0.4, -0.2) is 23.0 Å². The van der Waals surface area contributed by atoms with E-state index in [1.54, 1.807) is 11.8 Å². The van der Waals surface area contributed by atoms with Crippen molar-refractivity contribution in [2.24, 2.45) is 7.05 Å². The van der Waals surface area contributed by atoms with Gasteiger partial charge in [0.2, 0.25) is 0 Å². The second-order valence-corrected chi connectivity index (χ2v) is 5.47. The Morgan fingerprint density at radius 3 is 2.57 bits per heavy atom. The Balaban J connectivity index is 1.87. The molecule has 1 aromatic heterocycles. The highest BCUT2D eigenvalue weighted by Gasteiger charge is 2.19. The monoisotopic (exact) mass is 287 g/mol. The number of methoxy groups -OCH3 is 1. The van der Waals surface area contributed by atoms with Gasteiger partial charge in [-0.15, -0.1) is 0 Å². The molecule has 1 aliphatic rings. The van der Waals surface area contributed by atoms with E-state index in [0.717, 1.165) is 35.6 Å². The average molecular weight is 287 g/mol. The van der Waals surface area contributed by atoms with Crippen molar-refractivity contribution in [3.8, 4) is 22.8 Å². The zero-order valence-corrected chi connectivity index (χ0v) is 12.5. The second-order valence-electron chi connectivity index (χ2n) is 5.47. The molecule has 0 radical (unpaired) electrons. The second kappa shape index (κ2) is 5.68. The fraction of sp³-hybridized carbons (Fsp3) is 0.438. The number of hydrogen-bond donors (Lipinski definition) is 1. The predicted octanol–water partition coefficient (Wildman–Crippen LogP) is 3.00. The SMILES string of the molecule is COc1cc(-c2cc(N)n(C)n2)ccc1OC1CCCC1. The van der Waals surface area contributed by atoms with E-state index in [-0.39, 0.29) is 0 Å². The van der Waals surface area contributed by atoms with E-state index in [0.29, 0.717) is 11.9 Å². The van der Waals surface area contributed by atoms with E-state index >= 15 is 0 Å². The molecule has 5 nitrogen and oxygen atoms in total. The van der Waals surface area contributed by atoms with Crippen molar-refractivity contribution in [3.05, 3.63) is 24.3 Å². The van der Waals surface area contributed by atoms with E-state index in [9.17, 15) is 0 Å². The van der Waals surface area contributed by atoms with Gasteiger partial charge >= 0.3 is 0 Å². The van der Waals surface area contributed by atoms with Crippen LogP contribution in [0.25, 0.3) is 11.3 Å². The summed E-state index contributed by atoms with van der Waals surface area (Å²) in [7, 11) is 3.49. The van der Waals surface area contributed by atoms with Crippen LogP contribution in [0.5, 0.6) is 11.5 Å². The van der Waals surface area contributed by atoms with Crippen molar-refractivity contribution in [3.63, 3.8) is 0 Å². The van der Waals surface area contributed by atoms with Crippen molar-refractivity contribution in [1.29, 1.82) is 0 Å². The molecule has 3 rings (SSSR count). The van der Waals surface area contributed by atoms with E-state index in [4.69, 9.17) is 15.2 Å². The lowest BCUT2D eigenvalue weighted by atomic mass is 10.1. The van der Waals surface area contributed by atoms with Crippen molar-refractivity contribution >= 4 is 5.82 Å². The summed E-state index contributed by atoms with van der Waals surface area (Å²) in [6.07, 6.45) is 5.06. The Labute approximate surface area is 124 Å². The van der Waals surface area contributed by atoms with Crippen LogP contribution in [0.1, 0.15) is 25.7 Å². The summed E-state index contributed by atoms with van der Waals surface area (Å²) in [6.45, 7) is 0. The molecule has 0 amide bonds. The summed E-state index contributed by atoms with van der Waals surface area (Å²) < 4.78 is 13.2. The molecule has 1 heterocycles. The molecule has 1 saturated carbocycles. The summed E-state index contributed by atoms with van der Waals surface area (Å²) in [5, 5.41) is 4.38. The highest BCUT2D eigenvalue weighted by molar-refractivity contribution is 5.66. The van der Waals surface area contributed by atoms with E-state index < -0.39 is 0 Å². The lowest BCUT2D eigenvalue weighted by Crippen LogP contribution is -2.11. The minimum absolute atomic E-state index is 0.315. The molecule has 2 N–H and O–H groups in total. The number of rotatable bonds is 4. The number of nitrogens with zero attached hydrogens (tertiary/aromatic N) is 2. The van der Waals surface area contributed by atoms with E-state index in [2.05, 4.69) is 5.10 Å². The number of ether oxygens (including phenoxy) is 2. The van der Waals surface area contributed by atoms with E-state index in [1.165, 1.54) is 12.8 Å². The number of benzene rings is 1. The van der Waals surface area contributed by atoms with Crippen LogP contribution in [0.2, 0.25) is 0 Å². The van der Waals surface area contributed by atoms with Crippen LogP contribution in [0.15, 0.2) is 24.3 Å². The summed E-state index contributed by atoms with van der Waals surface area (Å²) in [5.74, 6) is 2.18. The zero-order chi connectivity index (χ0) is 14.8. The van der Waals surface area contributed by atoms with Gasteiger partial charge in [-0.25, -0.2) is 0 Å². The summed E-state index contributed by atoms with van der Waals surface area (Å²) in [4.78, 5) is 0. The van der Waals surface area contributed by atoms with Crippen molar-refractivity contribution in [2.75, 3.05) is 12.8 Å². The molecule has 1 fully saturated rings. The number of anilines is 1. The maximum atomic E-state index is 6.04. The largest absolute Gasteiger partial charge is 0.493 e. The van der Waals surface area contributed by atoms with Crippen LogP contribution in [0.3, 0.4) is 0 Å². The Kier molecular flexibility index (Phi) is 3.73. The number of hydrogen-bond acceptors (Lipinski definition) is 4. The summed E-state index contributed by atoms with van der Waals surface area (Å²) in [5.41, 5.74) is 7.64. The number of nitrogen functional groups attached to an aromatic ring is 1. The fourth-order valence-electron chi connectivity index (χ4n) is 2.73. The lowest BCUT2D eigenvalue weighted by molar-refractivity contribution is 0.201. The van der Waals surface area contributed by atoms with Gasteiger partial charge in [-0.3, -0.25) is 4.68 Å². The van der Waals surface area contributed by atoms with Crippen LogP contribution in [0.4, 0.5) is 5.82 Å². The Morgan fingerprint density at radius 1 is 1.19 bits per heavy atom. The molecule has 1 aromatic carbocycles. The third kappa shape index (κ3) is 2.82. The maximum absolute atomic E-state index is 6.04. The molecule has 112 valence electrons. The molecular formula is C16H21N3O2. The molecule has 21 heavy (non-hydrogen) atoms. The first-order chi connectivity index (χ1) is 10.2. The normalized spacial score (nSPS) is 15.3. The van der Waals surface area contributed by atoms with Gasteiger partial charge in [-0.1, -0.05) is 0 Å². The summed E-state index contributed by atoms with van der Waals surface area (Å²) >= 11 is 0. The molecule has 0 atom stereocenters. The molecular weight excluding hydrogens is 266 g/mol. The molecule has 5 heteroatoms. The lowest BCUT2D eigenvalue weighted by Gasteiger charge is -2.16. The molecule has 0 bridgehead atoms. The third-order valence-electron chi connectivity index (χ3n) is 3.97. The van der Waals surface area contributed by atoms with Crippen molar-refractivity contribution in [2.45, 2.75) is 31.8 Å². The third-order valence-corrected chi connectivity index (χ3v) is 3.97. The van der Waals surface area contributed by atoms with Crippen LogP contribution in [-0.2, 0) is 7.05 Å². The molecule has 0 aliphatic heterocycles. The topological polar surface area (TPSA) is 62.3 Å². The first-order valence-corrected chi connectivity index (χ1v) is 7.32. The van der Waals surface area contributed by atoms with Gasteiger partial charge in [0.1, 0.15) is 5.82 Å². The average Bonchev–Trinajstić information content (AvgIpc) is 3.10. The van der Waals surface area contributed by atoms with Gasteiger partial charge in [-0.05, 0) is 43.9 Å². The standard InChI is InChI=1S/C16H21N3O2/c1-19-16(17)10-13(18-19)11-7-8-14(15(9-11)20-2)21-12-5-3-4-6-12/h7-10,12H,3-6,17H2,1-2H3. The molecule has 1 aliphatic carbocycles. The highest BCUT2D eigenvalue weighted by Crippen LogP contribution is 2.35. The van der Waals surface area contributed by atoms with E-state index in [1.807, 2.05) is 31.3 Å². The van der Waals surface area contributed by atoms with Gasteiger partial charge in [-0.2, -0.15) is 5.10 Å². The minimum Gasteiger partial charge on any atom is -0.493 e. The first-order valence-electron chi connectivity index (χ1n) is 7.32. The Bertz CT molecular complexity index is 611. The van der Waals surface area contributed by atoms with Gasteiger partial charge in [0.15, 0.2) is 11.5 Å².